The van der Waals surface area contributed by atoms with Crippen LogP contribution in [0.25, 0.3) is 0 Å². The minimum atomic E-state index is 0. The topological polar surface area (TPSA) is 44.9 Å². The van der Waals surface area contributed by atoms with Gasteiger partial charge in [-0.15, -0.1) is 12.4 Å². The largest absolute Gasteiger partial charge is 0.363 e. The SMILES string of the molecule is Cl.O=c1c(I)c[nH]c2c1CNCC2. The van der Waals surface area contributed by atoms with E-state index in [1.165, 1.54) is 0 Å². The Morgan fingerprint density at radius 3 is 3.00 bits per heavy atom. The molecule has 0 spiro atoms. The number of hydrogen-bond donors (Lipinski definition) is 2. The molecule has 0 fully saturated rings. The van der Waals surface area contributed by atoms with E-state index in [2.05, 4.69) is 32.9 Å². The van der Waals surface area contributed by atoms with Gasteiger partial charge in [0.15, 0.2) is 5.43 Å². The maximum absolute atomic E-state index is 11.5. The van der Waals surface area contributed by atoms with Crippen molar-refractivity contribution in [2.24, 2.45) is 0 Å². The van der Waals surface area contributed by atoms with Gasteiger partial charge in [-0.3, -0.25) is 4.79 Å². The summed E-state index contributed by atoms with van der Waals surface area (Å²) in [4.78, 5) is 14.7. The molecule has 1 aromatic rings. The van der Waals surface area contributed by atoms with E-state index < -0.39 is 0 Å². The normalized spacial score (nSPS) is 14.5. The molecule has 0 aromatic carbocycles. The third-order valence-electron chi connectivity index (χ3n) is 2.08. The van der Waals surface area contributed by atoms with E-state index in [1.807, 2.05) is 0 Å². The number of rotatable bonds is 0. The number of nitrogens with one attached hydrogen (secondary N) is 2. The van der Waals surface area contributed by atoms with Gasteiger partial charge in [-0.1, -0.05) is 0 Å². The molecular weight excluding hydrogens is 302 g/mol. The second kappa shape index (κ2) is 4.43. The van der Waals surface area contributed by atoms with Gasteiger partial charge in [0.25, 0.3) is 0 Å². The van der Waals surface area contributed by atoms with E-state index in [4.69, 9.17) is 0 Å². The standard InChI is InChI=1S/C8H9IN2O.ClH/c9-6-4-11-7-1-2-10-3-5(7)8(6)12;/h4,10H,1-3H2,(H,11,12);1H. The monoisotopic (exact) mass is 312 g/mol. The van der Waals surface area contributed by atoms with E-state index in [9.17, 15) is 4.79 Å². The zero-order valence-corrected chi connectivity index (χ0v) is 9.87. The first kappa shape index (κ1) is 11.0. The second-order valence-electron chi connectivity index (χ2n) is 2.85. The lowest BCUT2D eigenvalue weighted by atomic mass is 10.1. The lowest BCUT2D eigenvalue weighted by molar-refractivity contribution is 0.625. The van der Waals surface area contributed by atoms with E-state index in [0.717, 1.165) is 27.8 Å². The van der Waals surface area contributed by atoms with Crippen LogP contribution in [0.15, 0.2) is 11.0 Å². The van der Waals surface area contributed by atoms with Crippen molar-refractivity contribution in [1.29, 1.82) is 0 Å². The first-order chi connectivity index (χ1) is 5.79. The highest BCUT2D eigenvalue weighted by Gasteiger charge is 2.13. The molecule has 1 aliphatic rings. The smallest absolute Gasteiger partial charge is 0.199 e. The summed E-state index contributed by atoms with van der Waals surface area (Å²) >= 11 is 2.06. The summed E-state index contributed by atoms with van der Waals surface area (Å²) in [6.07, 6.45) is 2.72. The number of pyridine rings is 1. The van der Waals surface area contributed by atoms with Crippen molar-refractivity contribution in [2.75, 3.05) is 6.54 Å². The Kier molecular flexibility index (Phi) is 3.75. The summed E-state index contributed by atoms with van der Waals surface area (Å²) < 4.78 is 0.773. The fraction of sp³-hybridized carbons (Fsp3) is 0.375. The number of H-pyrrole nitrogens is 1. The summed E-state index contributed by atoms with van der Waals surface area (Å²) in [6, 6.07) is 0. The number of aromatic nitrogens is 1. The highest BCUT2D eigenvalue weighted by Crippen LogP contribution is 2.08. The molecule has 0 saturated carbocycles. The lowest BCUT2D eigenvalue weighted by Gasteiger charge is -2.15. The molecule has 5 heteroatoms. The number of aromatic amines is 1. The molecule has 0 amide bonds. The Morgan fingerprint density at radius 2 is 2.23 bits per heavy atom. The molecule has 1 aliphatic heterocycles. The maximum Gasteiger partial charge on any atom is 0.199 e. The van der Waals surface area contributed by atoms with Crippen LogP contribution in [0.1, 0.15) is 11.3 Å². The van der Waals surface area contributed by atoms with Gasteiger partial charge >= 0.3 is 0 Å². The molecule has 2 N–H and O–H groups in total. The van der Waals surface area contributed by atoms with Crippen LogP contribution < -0.4 is 10.7 Å². The first-order valence-electron chi connectivity index (χ1n) is 3.88. The molecule has 2 rings (SSSR count). The van der Waals surface area contributed by atoms with Crippen LogP contribution in [-0.4, -0.2) is 11.5 Å². The zero-order chi connectivity index (χ0) is 8.55. The fourth-order valence-electron chi connectivity index (χ4n) is 1.42. The molecule has 0 atom stereocenters. The van der Waals surface area contributed by atoms with Crippen molar-refractivity contribution in [3.63, 3.8) is 0 Å². The van der Waals surface area contributed by atoms with E-state index in [0.29, 0.717) is 6.54 Å². The highest BCUT2D eigenvalue weighted by molar-refractivity contribution is 14.1. The van der Waals surface area contributed by atoms with E-state index in [-0.39, 0.29) is 17.8 Å². The predicted molar refractivity (Wildman–Crippen MR) is 62.4 cm³/mol. The van der Waals surface area contributed by atoms with Crippen molar-refractivity contribution >= 4 is 35.0 Å². The summed E-state index contributed by atoms with van der Waals surface area (Å²) in [5.74, 6) is 0. The molecule has 3 nitrogen and oxygen atoms in total. The van der Waals surface area contributed by atoms with Crippen molar-refractivity contribution in [3.8, 4) is 0 Å². The minimum absolute atomic E-state index is 0. The summed E-state index contributed by atoms with van der Waals surface area (Å²) in [5.41, 5.74) is 2.18. The van der Waals surface area contributed by atoms with Gasteiger partial charge in [-0.25, -0.2) is 0 Å². The van der Waals surface area contributed by atoms with Crippen LogP contribution in [-0.2, 0) is 13.0 Å². The summed E-state index contributed by atoms with van der Waals surface area (Å²) in [5, 5.41) is 3.19. The Hall–Kier alpha value is -0.0700. The van der Waals surface area contributed by atoms with Gasteiger partial charge in [0.1, 0.15) is 0 Å². The molecule has 0 saturated heterocycles. The van der Waals surface area contributed by atoms with Crippen LogP contribution in [0.4, 0.5) is 0 Å². The lowest BCUT2D eigenvalue weighted by Crippen LogP contribution is -2.30. The van der Waals surface area contributed by atoms with Gasteiger partial charge in [-0.2, -0.15) is 0 Å². The Bertz CT molecular complexity index is 364. The van der Waals surface area contributed by atoms with E-state index in [1.54, 1.807) is 6.20 Å². The van der Waals surface area contributed by atoms with E-state index >= 15 is 0 Å². The third-order valence-corrected chi connectivity index (χ3v) is 2.88. The van der Waals surface area contributed by atoms with Crippen LogP contribution in [0, 0.1) is 3.57 Å². The molecule has 0 bridgehead atoms. The average Bonchev–Trinajstić information content (AvgIpc) is 2.12. The average molecular weight is 313 g/mol. The van der Waals surface area contributed by atoms with Gasteiger partial charge in [-0.05, 0) is 22.6 Å². The fourth-order valence-corrected chi connectivity index (χ4v) is 1.90. The van der Waals surface area contributed by atoms with Crippen molar-refractivity contribution < 1.29 is 0 Å². The van der Waals surface area contributed by atoms with Crippen molar-refractivity contribution in [1.82, 2.24) is 10.3 Å². The third kappa shape index (κ3) is 2.05. The molecular formula is C8H10ClIN2O. The Morgan fingerprint density at radius 1 is 1.46 bits per heavy atom. The maximum atomic E-state index is 11.5. The van der Waals surface area contributed by atoms with Crippen molar-refractivity contribution in [3.05, 3.63) is 31.2 Å². The van der Waals surface area contributed by atoms with Crippen LogP contribution >= 0.6 is 35.0 Å². The van der Waals surface area contributed by atoms with Gasteiger partial charge in [0, 0.05) is 37.0 Å². The first-order valence-corrected chi connectivity index (χ1v) is 4.96. The number of hydrogen-bond acceptors (Lipinski definition) is 2. The number of halogens is 2. The Balaban J connectivity index is 0.000000845. The number of fused-ring (bicyclic) bond motifs is 1. The zero-order valence-electron chi connectivity index (χ0n) is 6.89. The molecule has 13 heavy (non-hydrogen) atoms. The molecule has 72 valence electrons. The van der Waals surface area contributed by atoms with Gasteiger partial charge < -0.3 is 10.3 Å². The highest BCUT2D eigenvalue weighted by atomic mass is 127. The molecule has 0 aliphatic carbocycles. The quantitative estimate of drug-likeness (QED) is 0.703. The summed E-state index contributed by atoms with van der Waals surface area (Å²) in [6.45, 7) is 1.67. The minimum Gasteiger partial charge on any atom is -0.363 e. The van der Waals surface area contributed by atoms with Crippen LogP contribution in [0.3, 0.4) is 0 Å². The summed E-state index contributed by atoms with van der Waals surface area (Å²) in [7, 11) is 0. The molecule has 1 aromatic heterocycles. The molecule has 2 heterocycles. The second-order valence-corrected chi connectivity index (χ2v) is 4.01. The van der Waals surface area contributed by atoms with Gasteiger partial charge in [0.05, 0.1) is 3.57 Å². The van der Waals surface area contributed by atoms with Crippen LogP contribution in [0.5, 0.6) is 0 Å². The van der Waals surface area contributed by atoms with Crippen LogP contribution in [0.2, 0.25) is 0 Å². The van der Waals surface area contributed by atoms with Crippen molar-refractivity contribution in [2.45, 2.75) is 13.0 Å². The predicted octanol–water partition coefficient (Wildman–Crippen LogP) is 1.05. The Labute approximate surface area is 95.9 Å². The van der Waals surface area contributed by atoms with Gasteiger partial charge in [0.2, 0.25) is 0 Å². The molecule has 0 unspecified atom stereocenters. The molecule has 0 radical (unpaired) electrons.